The second-order valence-corrected chi connectivity index (χ2v) is 6.19. The second-order valence-electron chi connectivity index (χ2n) is 6.19. The summed E-state index contributed by atoms with van der Waals surface area (Å²) in [6, 6.07) is 14.8. The molecule has 3 amide bonds. The average molecular weight is 392 g/mol. The van der Waals surface area contributed by atoms with Gasteiger partial charge in [-0.3, -0.25) is 14.4 Å². The largest absolute Gasteiger partial charge is 0.364 e. The lowest BCUT2D eigenvalue weighted by molar-refractivity contribution is 0.0990. The van der Waals surface area contributed by atoms with Gasteiger partial charge in [-0.1, -0.05) is 24.3 Å². The predicted octanol–water partition coefficient (Wildman–Crippen LogP) is 3.13. The fourth-order valence-corrected chi connectivity index (χ4v) is 2.56. The Morgan fingerprint density at radius 3 is 2.41 bits per heavy atom. The molecule has 3 aromatic rings. The maximum absolute atomic E-state index is 13.8. The molecule has 0 unspecified atom stereocenters. The molecular weight excluding hydrogens is 375 g/mol. The summed E-state index contributed by atoms with van der Waals surface area (Å²) in [6.45, 7) is 1.75. The predicted molar refractivity (Wildman–Crippen MR) is 106 cm³/mol. The van der Waals surface area contributed by atoms with Gasteiger partial charge >= 0.3 is 0 Å². The topological polar surface area (TPSA) is 114 Å². The number of primary amides is 1. The normalized spacial score (nSPS) is 10.3. The van der Waals surface area contributed by atoms with Crippen molar-refractivity contribution in [1.29, 1.82) is 0 Å². The maximum atomic E-state index is 13.8. The smallest absolute Gasteiger partial charge is 0.267 e. The zero-order chi connectivity index (χ0) is 21.0. The van der Waals surface area contributed by atoms with Gasteiger partial charge in [0.1, 0.15) is 17.3 Å². The van der Waals surface area contributed by atoms with Crippen LogP contribution >= 0.6 is 0 Å². The number of pyridine rings is 1. The van der Waals surface area contributed by atoms with Crippen molar-refractivity contribution < 1.29 is 18.8 Å². The molecule has 0 radical (unpaired) electrons. The highest BCUT2D eigenvalue weighted by Gasteiger charge is 2.15. The standard InChI is InChI=1S/C21H17FN4O3/c1-12-9-10-13(20(28)26-18-8-4-7-16(24-18)19(23)27)11-17(12)25-21(29)14-5-2-3-6-15(14)22/h2-11H,1H3,(H2,23,27)(H,25,29)(H,24,26,28). The van der Waals surface area contributed by atoms with Gasteiger partial charge in [0.15, 0.2) is 0 Å². The number of hydrogen-bond acceptors (Lipinski definition) is 4. The lowest BCUT2D eigenvalue weighted by Crippen LogP contribution is -2.18. The molecule has 0 fully saturated rings. The molecule has 0 aliphatic rings. The Morgan fingerprint density at radius 1 is 0.931 bits per heavy atom. The van der Waals surface area contributed by atoms with Crippen molar-refractivity contribution >= 4 is 29.2 Å². The number of rotatable bonds is 5. The van der Waals surface area contributed by atoms with E-state index in [1.807, 2.05) is 0 Å². The van der Waals surface area contributed by atoms with Crippen molar-refractivity contribution in [1.82, 2.24) is 4.98 Å². The van der Waals surface area contributed by atoms with Crippen LogP contribution < -0.4 is 16.4 Å². The third kappa shape index (κ3) is 4.62. The van der Waals surface area contributed by atoms with Crippen molar-refractivity contribution in [3.05, 3.63) is 88.9 Å². The number of halogens is 1. The SMILES string of the molecule is Cc1ccc(C(=O)Nc2cccc(C(N)=O)n2)cc1NC(=O)c1ccccc1F. The van der Waals surface area contributed by atoms with E-state index in [-0.39, 0.29) is 22.6 Å². The molecule has 1 aromatic heterocycles. The molecule has 146 valence electrons. The Labute approximate surface area is 165 Å². The van der Waals surface area contributed by atoms with Crippen LogP contribution in [0.2, 0.25) is 0 Å². The van der Waals surface area contributed by atoms with Crippen molar-refractivity contribution in [3.63, 3.8) is 0 Å². The first-order valence-corrected chi connectivity index (χ1v) is 8.60. The summed E-state index contributed by atoms with van der Waals surface area (Å²) in [5.41, 5.74) is 6.40. The Morgan fingerprint density at radius 2 is 1.69 bits per heavy atom. The average Bonchev–Trinajstić information content (AvgIpc) is 2.70. The van der Waals surface area contributed by atoms with Gasteiger partial charge in [-0.2, -0.15) is 0 Å². The number of amides is 3. The molecule has 29 heavy (non-hydrogen) atoms. The number of nitrogens with one attached hydrogen (secondary N) is 2. The minimum Gasteiger partial charge on any atom is -0.364 e. The first-order valence-electron chi connectivity index (χ1n) is 8.60. The third-order valence-electron chi connectivity index (χ3n) is 4.11. The molecule has 0 aliphatic heterocycles. The van der Waals surface area contributed by atoms with Crippen LogP contribution in [0, 0.1) is 12.7 Å². The summed E-state index contributed by atoms with van der Waals surface area (Å²) in [5, 5.41) is 5.18. The number of nitrogens with two attached hydrogens (primary N) is 1. The summed E-state index contributed by atoms with van der Waals surface area (Å²) in [5.74, 6) is -2.32. The number of aryl methyl sites for hydroxylation is 1. The van der Waals surface area contributed by atoms with E-state index in [1.165, 1.54) is 42.5 Å². The van der Waals surface area contributed by atoms with E-state index in [9.17, 15) is 18.8 Å². The van der Waals surface area contributed by atoms with E-state index in [0.29, 0.717) is 11.3 Å². The van der Waals surface area contributed by atoms with Gasteiger partial charge in [0.2, 0.25) is 0 Å². The molecule has 0 bridgehead atoms. The fraction of sp³-hybridized carbons (Fsp3) is 0.0476. The number of carbonyl (C=O) groups excluding carboxylic acids is 3. The number of aromatic nitrogens is 1. The molecule has 7 nitrogen and oxygen atoms in total. The van der Waals surface area contributed by atoms with Gasteiger partial charge in [-0.05, 0) is 48.9 Å². The number of anilines is 2. The summed E-state index contributed by atoms with van der Waals surface area (Å²) in [4.78, 5) is 40.1. The van der Waals surface area contributed by atoms with Crippen molar-refractivity contribution in [2.24, 2.45) is 5.73 Å². The van der Waals surface area contributed by atoms with Crippen molar-refractivity contribution in [2.75, 3.05) is 10.6 Å². The summed E-state index contributed by atoms with van der Waals surface area (Å²) in [7, 11) is 0. The van der Waals surface area contributed by atoms with Gasteiger partial charge in [-0.25, -0.2) is 9.37 Å². The van der Waals surface area contributed by atoms with E-state index in [0.717, 1.165) is 0 Å². The number of benzene rings is 2. The van der Waals surface area contributed by atoms with E-state index in [1.54, 1.807) is 25.1 Å². The number of carbonyl (C=O) groups is 3. The van der Waals surface area contributed by atoms with Gasteiger partial charge in [-0.15, -0.1) is 0 Å². The highest BCUT2D eigenvalue weighted by Crippen LogP contribution is 2.20. The molecule has 3 rings (SSSR count). The summed E-state index contributed by atoms with van der Waals surface area (Å²) in [6.07, 6.45) is 0. The van der Waals surface area contributed by atoms with Crippen LogP contribution in [0.3, 0.4) is 0 Å². The molecule has 0 aliphatic carbocycles. The molecule has 4 N–H and O–H groups in total. The highest BCUT2D eigenvalue weighted by molar-refractivity contribution is 6.07. The number of hydrogen-bond donors (Lipinski definition) is 3. The van der Waals surface area contributed by atoms with E-state index in [2.05, 4.69) is 15.6 Å². The van der Waals surface area contributed by atoms with Crippen LogP contribution in [-0.4, -0.2) is 22.7 Å². The molecule has 1 heterocycles. The van der Waals surface area contributed by atoms with Crippen LogP contribution in [0.5, 0.6) is 0 Å². The number of nitrogens with zero attached hydrogens (tertiary/aromatic N) is 1. The van der Waals surface area contributed by atoms with Gasteiger partial charge in [0, 0.05) is 11.3 Å². The third-order valence-corrected chi connectivity index (χ3v) is 4.11. The first-order chi connectivity index (χ1) is 13.8. The molecule has 0 spiro atoms. The van der Waals surface area contributed by atoms with Crippen molar-refractivity contribution in [3.8, 4) is 0 Å². The Kier molecular flexibility index (Phi) is 5.64. The monoisotopic (exact) mass is 392 g/mol. The van der Waals surface area contributed by atoms with E-state index >= 15 is 0 Å². The molecule has 0 saturated carbocycles. The summed E-state index contributed by atoms with van der Waals surface area (Å²) < 4.78 is 13.8. The fourth-order valence-electron chi connectivity index (χ4n) is 2.56. The lowest BCUT2D eigenvalue weighted by atomic mass is 10.1. The molecule has 2 aromatic carbocycles. The van der Waals surface area contributed by atoms with E-state index in [4.69, 9.17) is 5.73 Å². The van der Waals surface area contributed by atoms with Gasteiger partial charge in [0.25, 0.3) is 17.7 Å². The highest BCUT2D eigenvalue weighted by atomic mass is 19.1. The Bertz CT molecular complexity index is 1110. The van der Waals surface area contributed by atoms with Gasteiger partial charge in [0.05, 0.1) is 5.56 Å². The quantitative estimate of drug-likeness (QED) is 0.619. The zero-order valence-corrected chi connectivity index (χ0v) is 15.4. The molecule has 0 atom stereocenters. The Hall–Kier alpha value is -4.07. The van der Waals surface area contributed by atoms with Crippen LogP contribution in [0.25, 0.3) is 0 Å². The van der Waals surface area contributed by atoms with E-state index < -0.39 is 23.5 Å². The molecule has 0 saturated heterocycles. The second kappa shape index (κ2) is 8.30. The van der Waals surface area contributed by atoms with Crippen LogP contribution in [-0.2, 0) is 0 Å². The summed E-state index contributed by atoms with van der Waals surface area (Å²) >= 11 is 0. The van der Waals surface area contributed by atoms with Crippen LogP contribution in [0.4, 0.5) is 15.9 Å². The van der Waals surface area contributed by atoms with Gasteiger partial charge < -0.3 is 16.4 Å². The Balaban J connectivity index is 1.80. The van der Waals surface area contributed by atoms with Crippen molar-refractivity contribution in [2.45, 2.75) is 6.92 Å². The minimum atomic E-state index is -0.713. The van der Waals surface area contributed by atoms with Crippen LogP contribution in [0.15, 0.2) is 60.7 Å². The zero-order valence-electron chi connectivity index (χ0n) is 15.4. The van der Waals surface area contributed by atoms with Crippen LogP contribution in [0.1, 0.15) is 36.8 Å². The molecule has 8 heteroatoms. The first kappa shape index (κ1) is 19.7. The molecular formula is C21H17FN4O3. The lowest BCUT2D eigenvalue weighted by Gasteiger charge is -2.11. The maximum Gasteiger partial charge on any atom is 0.267 e. The minimum absolute atomic E-state index is 0.0181.